The van der Waals surface area contributed by atoms with Crippen molar-refractivity contribution < 1.29 is 18.0 Å². The van der Waals surface area contributed by atoms with E-state index in [2.05, 4.69) is 15.4 Å². The number of piperidine rings is 1. The highest BCUT2D eigenvalue weighted by Gasteiger charge is 2.27. The smallest absolute Gasteiger partial charge is 0.238 e. The van der Waals surface area contributed by atoms with E-state index >= 15 is 0 Å². The highest BCUT2D eigenvalue weighted by Crippen LogP contribution is 2.22. The molecule has 11 heteroatoms. The number of benzene rings is 1. The Bertz CT molecular complexity index is 1370. The van der Waals surface area contributed by atoms with Gasteiger partial charge in [0.2, 0.25) is 21.8 Å². The molecule has 10 nitrogen and oxygen atoms in total. The topological polar surface area (TPSA) is 140 Å². The predicted octanol–water partition coefficient (Wildman–Crippen LogP) is 2.11. The second-order valence-corrected chi connectivity index (χ2v) is 10.6. The van der Waals surface area contributed by atoms with Crippen LogP contribution >= 0.6 is 0 Å². The summed E-state index contributed by atoms with van der Waals surface area (Å²) in [6.07, 6.45) is 2.12. The van der Waals surface area contributed by atoms with E-state index in [1.807, 2.05) is 36.3 Å². The normalized spacial score (nSPS) is 14.9. The summed E-state index contributed by atoms with van der Waals surface area (Å²) in [6.45, 7) is 6.94. The van der Waals surface area contributed by atoms with Crippen molar-refractivity contribution in [3.63, 3.8) is 0 Å². The van der Waals surface area contributed by atoms with Gasteiger partial charge in [0.25, 0.3) is 0 Å². The van der Waals surface area contributed by atoms with Crippen LogP contribution in [0.2, 0.25) is 0 Å². The molecule has 2 amide bonds. The Kier molecular flexibility index (Phi) is 6.91. The lowest BCUT2D eigenvalue weighted by Gasteiger charge is -2.31. The second kappa shape index (κ2) is 9.74. The average molecular weight is 499 g/mol. The van der Waals surface area contributed by atoms with E-state index in [0.29, 0.717) is 44.5 Å². The molecular formula is C24H30N6O4S. The molecule has 1 aliphatic heterocycles. The Morgan fingerprint density at radius 3 is 2.40 bits per heavy atom. The Hall–Kier alpha value is -3.31. The zero-order valence-electron chi connectivity index (χ0n) is 20.1. The summed E-state index contributed by atoms with van der Waals surface area (Å²) >= 11 is 0. The minimum atomic E-state index is -3.78. The lowest BCUT2D eigenvalue weighted by Crippen LogP contribution is -2.41. The molecule has 0 spiro atoms. The summed E-state index contributed by atoms with van der Waals surface area (Å²) in [5.74, 6) is -0.283. The third-order valence-corrected chi connectivity index (χ3v) is 7.47. The van der Waals surface area contributed by atoms with Gasteiger partial charge in [-0.15, -0.1) is 0 Å². The van der Waals surface area contributed by atoms with Crippen LogP contribution in [0, 0.1) is 26.7 Å². The number of aromatic nitrogens is 3. The highest BCUT2D eigenvalue weighted by atomic mass is 32.2. The van der Waals surface area contributed by atoms with Gasteiger partial charge >= 0.3 is 0 Å². The van der Waals surface area contributed by atoms with Crippen LogP contribution in [0.1, 0.15) is 41.9 Å². The zero-order valence-corrected chi connectivity index (χ0v) is 20.9. The molecule has 2 aromatic heterocycles. The molecule has 0 saturated carbocycles. The lowest BCUT2D eigenvalue weighted by atomic mass is 9.95. The van der Waals surface area contributed by atoms with Gasteiger partial charge in [-0.05, 0) is 69.9 Å². The summed E-state index contributed by atoms with van der Waals surface area (Å²) in [4.78, 5) is 31.9. The molecule has 0 unspecified atom stereocenters. The summed E-state index contributed by atoms with van der Waals surface area (Å²) < 4.78 is 24.6. The quantitative estimate of drug-likeness (QED) is 0.533. The molecule has 4 rings (SSSR count). The van der Waals surface area contributed by atoms with Crippen molar-refractivity contribution in [3.8, 4) is 0 Å². The number of likely N-dealkylation sites (tertiary alicyclic amines) is 1. The number of carbonyl (C=O) groups excluding carboxylic acids is 2. The van der Waals surface area contributed by atoms with Crippen molar-refractivity contribution in [2.45, 2.75) is 51.3 Å². The molecule has 0 radical (unpaired) electrons. The first-order valence-electron chi connectivity index (χ1n) is 11.6. The molecule has 0 atom stereocenters. The number of rotatable bonds is 6. The van der Waals surface area contributed by atoms with E-state index in [4.69, 9.17) is 5.14 Å². The van der Waals surface area contributed by atoms with Crippen LogP contribution in [0.25, 0.3) is 5.65 Å². The monoisotopic (exact) mass is 498 g/mol. The van der Waals surface area contributed by atoms with Gasteiger partial charge in [0, 0.05) is 48.6 Å². The van der Waals surface area contributed by atoms with Crippen molar-refractivity contribution in [1.29, 1.82) is 0 Å². The molecule has 3 aromatic rings. The second-order valence-electron chi connectivity index (χ2n) is 9.03. The molecule has 1 aliphatic rings. The van der Waals surface area contributed by atoms with Crippen LogP contribution in [-0.4, -0.2) is 52.8 Å². The number of nitrogens with zero attached hydrogens (tertiary/aromatic N) is 4. The van der Waals surface area contributed by atoms with Crippen LogP contribution in [0.3, 0.4) is 0 Å². The third kappa shape index (κ3) is 5.51. The van der Waals surface area contributed by atoms with E-state index in [1.165, 1.54) is 24.3 Å². The molecule has 1 fully saturated rings. The minimum absolute atomic E-state index is 0.0110. The van der Waals surface area contributed by atoms with Crippen molar-refractivity contribution in [2.24, 2.45) is 11.1 Å². The summed E-state index contributed by atoms with van der Waals surface area (Å²) in [7, 11) is -3.78. The van der Waals surface area contributed by atoms with Gasteiger partial charge < -0.3 is 10.2 Å². The summed E-state index contributed by atoms with van der Waals surface area (Å²) in [5, 5.41) is 12.4. The lowest BCUT2D eigenvalue weighted by molar-refractivity contribution is -0.134. The molecule has 1 saturated heterocycles. The molecular weight excluding hydrogens is 468 g/mol. The number of nitrogens with two attached hydrogens (primary N) is 1. The predicted molar refractivity (Wildman–Crippen MR) is 131 cm³/mol. The number of anilines is 1. The van der Waals surface area contributed by atoms with Crippen molar-refractivity contribution in [3.05, 3.63) is 53.0 Å². The molecule has 1 aromatic carbocycles. The number of nitrogens with one attached hydrogen (secondary N) is 1. The molecule has 35 heavy (non-hydrogen) atoms. The molecule has 3 N–H and O–H groups in total. The zero-order chi connectivity index (χ0) is 25.3. The first-order chi connectivity index (χ1) is 16.5. The third-order valence-electron chi connectivity index (χ3n) is 6.54. The van der Waals surface area contributed by atoms with Crippen LogP contribution < -0.4 is 10.5 Å². The highest BCUT2D eigenvalue weighted by molar-refractivity contribution is 7.89. The van der Waals surface area contributed by atoms with Crippen molar-refractivity contribution in [2.75, 3.05) is 18.4 Å². The van der Waals surface area contributed by atoms with Gasteiger partial charge in [-0.25, -0.2) is 23.1 Å². The van der Waals surface area contributed by atoms with Crippen LogP contribution in [0.4, 0.5) is 5.69 Å². The first-order valence-corrected chi connectivity index (χ1v) is 13.1. The van der Waals surface area contributed by atoms with E-state index < -0.39 is 10.0 Å². The van der Waals surface area contributed by atoms with Crippen molar-refractivity contribution in [1.82, 2.24) is 19.5 Å². The van der Waals surface area contributed by atoms with Gasteiger partial charge in [0.1, 0.15) is 0 Å². The summed E-state index contributed by atoms with van der Waals surface area (Å²) in [6, 6.07) is 7.68. The SMILES string of the molecule is Cc1cc2nc(C)c(CCC(=O)N3CCC(C(=O)Nc4ccc(S(N)(=O)=O)cc4)CC3)c(C)n2n1. The molecule has 186 valence electrons. The average Bonchev–Trinajstić information content (AvgIpc) is 3.18. The Morgan fingerprint density at radius 2 is 1.77 bits per heavy atom. The van der Waals surface area contributed by atoms with Crippen LogP contribution in [0.5, 0.6) is 0 Å². The molecule has 0 aliphatic carbocycles. The maximum Gasteiger partial charge on any atom is 0.238 e. The number of primary sulfonamides is 1. The van der Waals surface area contributed by atoms with Gasteiger partial charge in [-0.2, -0.15) is 5.10 Å². The van der Waals surface area contributed by atoms with Gasteiger partial charge in [0.15, 0.2) is 5.65 Å². The number of aryl methyl sites for hydroxylation is 3. The number of hydrogen-bond acceptors (Lipinski definition) is 6. The van der Waals surface area contributed by atoms with Crippen LogP contribution in [-0.2, 0) is 26.0 Å². The number of hydrogen-bond donors (Lipinski definition) is 2. The van der Waals surface area contributed by atoms with E-state index in [-0.39, 0.29) is 22.6 Å². The number of carbonyl (C=O) groups is 2. The van der Waals surface area contributed by atoms with E-state index in [0.717, 1.165) is 28.3 Å². The number of sulfonamides is 1. The maximum atomic E-state index is 12.9. The van der Waals surface area contributed by atoms with Gasteiger partial charge in [-0.1, -0.05) is 0 Å². The van der Waals surface area contributed by atoms with Gasteiger partial charge in [-0.3, -0.25) is 9.59 Å². The van der Waals surface area contributed by atoms with E-state index in [9.17, 15) is 18.0 Å². The standard InChI is InChI=1S/C24H30N6O4S/c1-15-14-22-26-16(2)21(17(3)30(22)28-15)8-9-23(31)29-12-10-18(11-13-29)24(32)27-19-4-6-20(7-5-19)35(25,33)34/h4-7,14,18H,8-13H2,1-3H3,(H,27,32)(H2,25,33,34). The molecule has 3 heterocycles. The van der Waals surface area contributed by atoms with E-state index in [1.54, 1.807) is 0 Å². The fourth-order valence-corrected chi connectivity index (χ4v) is 5.07. The number of amides is 2. The largest absolute Gasteiger partial charge is 0.343 e. The fourth-order valence-electron chi connectivity index (χ4n) is 4.56. The number of fused-ring (bicyclic) bond motifs is 1. The minimum Gasteiger partial charge on any atom is -0.343 e. The summed E-state index contributed by atoms with van der Waals surface area (Å²) in [5.41, 5.74) is 5.17. The van der Waals surface area contributed by atoms with Crippen LogP contribution in [0.15, 0.2) is 35.2 Å². The molecule has 0 bridgehead atoms. The first kappa shape index (κ1) is 24.8. The Balaban J connectivity index is 1.30. The Morgan fingerprint density at radius 1 is 1.11 bits per heavy atom. The fraction of sp³-hybridized carbons (Fsp3) is 0.417. The van der Waals surface area contributed by atoms with Crippen molar-refractivity contribution >= 4 is 33.2 Å². The Labute approximate surface area is 204 Å². The maximum absolute atomic E-state index is 12.9. The van der Waals surface area contributed by atoms with Gasteiger partial charge in [0.05, 0.1) is 10.6 Å².